The predicted octanol–water partition coefficient (Wildman–Crippen LogP) is 6.58. The van der Waals surface area contributed by atoms with Gasteiger partial charge in [0.2, 0.25) is 11.8 Å². The molecule has 2 saturated heterocycles. The summed E-state index contributed by atoms with van der Waals surface area (Å²) in [5.41, 5.74) is 2.01. The molecule has 2 aromatic rings. The molecule has 21 nitrogen and oxygen atoms in total. The van der Waals surface area contributed by atoms with Crippen molar-refractivity contribution < 1.29 is 62.4 Å². The fourth-order valence-corrected chi connectivity index (χ4v) is 10.3. The summed E-state index contributed by atoms with van der Waals surface area (Å²) >= 11 is 0. The fourth-order valence-electron chi connectivity index (χ4n) is 10.3. The van der Waals surface area contributed by atoms with Gasteiger partial charge in [0, 0.05) is 75.3 Å². The lowest BCUT2D eigenvalue weighted by Crippen LogP contribution is -2.61. The summed E-state index contributed by atoms with van der Waals surface area (Å²) in [6.45, 7) is 27.8. The number of rotatable bonds is 17. The third-order valence-corrected chi connectivity index (χ3v) is 14.1. The van der Waals surface area contributed by atoms with Crippen LogP contribution in [0.5, 0.6) is 11.5 Å². The van der Waals surface area contributed by atoms with Crippen molar-refractivity contribution in [2.45, 2.75) is 183 Å². The number of aryl methyl sites for hydroxylation is 2. The molecule has 2 aromatic carbocycles. The highest BCUT2D eigenvalue weighted by Gasteiger charge is 2.46. The molecule has 4 aliphatic rings. The van der Waals surface area contributed by atoms with Crippen molar-refractivity contribution in [3.63, 3.8) is 0 Å². The first-order valence-corrected chi connectivity index (χ1v) is 27.2. The van der Waals surface area contributed by atoms with E-state index in [9.17, 15) is 43.5 Å². The van der Waals surface area contributed by atoms with Crippen molar-refractivity contribution in [1.82, 2.24) is 31.1 Å². The summed E-state index contributed by atoms with van der Waals surface area (Å²) in [4.78, 5) is 109. The Hall–Kier alpha value is -6.64. The molecular formula is C56H84N8O13. The standard InChI is InChI=1S/C31H46N4O9.C25H38N4O4/c1-9-26(36)32-12-14-33-23-16-21(20(6)15-25(23)44-31(7,8)28(33)38)27(37)35(18(2)3)22-11-10-13-34(29(39)40)24(22)17-42-30(41)43-19(4)5;1-7-19(30)27-11-12-29-22-18(33-25(5,6)24(29)32)13-16(4)21(20(22)15(2)3)23(31)28-17-9-8-10-26-14-17/h15-16,18-19,22,24H,9-14,17H2,1-8H3,(H,32,36)(H,39,40);13,15,17,26H,7-12,14H2,1-6H3,(H,27,30)(H,28,31)/t22-,24?;17-/m11/s1. The van der Waals surface area contributed by atoms with E-state index in [0.717, 1.165) is 37.1 Å². The average molecular weight is 1080 g/mol. The minimum absolute atomic E-state index is 0.0192. The zero-order valence-electron chi connectivity index (χ0n) is 47.7. The van der Waals surface area contributed by atoms with Crippen LogP contribution in [0.3, 0.4) is 0 Å². The monoisotopic (exact) mass is 1080 g/mol. The summed E-state index contributed by atoms with van der Waals surface area (Å²) < 4.78 is 22.6. The Morgan fingerprint density at radius 3 is 1.95 bits per heavy atom. The van der Waals surface area contributed by atoms with Crippen LogP contribution in [0.25, 0.3) is 0 Å². The number of benzene rings is 2. The van der Waals surface area contributed by atoms with Gasteiger partial charge in [0.1, 0.15) is 18.1 Å². The molecule has 0 bridgehead atoms. The third-order valence-electron chi connectivity index (χ3n) is 14.1. The van der Waals surface area contributed by atoms with Gasteiger partial charge in [-0.25, -0.2) is 9.59 Å². The smallest absolute Gasteiger partial charge is 0.476 e. The number of anilines is 2. The first-order chi connectivity index (χ1) is 36.1. The van der Waals surface area contributed by atoms with E-state index < -0.39 is 41.6 Å². The fraction of sp³-hybridized carbons (Fsp3) is 0.643. The second-order valence-corrected chi connectivity index (χ2v) is 22.0. The van der Waals surface area contributed by atoms with Crippen LogP contribution >= 0.6 is 0 Å². The van der Waals surface area contributed by atoms with E-state index in [-0.39, 0.29) is 79.7 Å². The van der Waals surface area contributed by atoms with E-state index in [2.05, 4.69) is 21.3 Å². The van der Waals surface area contributed by atoms with Crippen molar-refractivity contribution in [3.8, 4) is 11.5 Å². The molecule has 1 unspecified atom stereocenters. The summed E-state index contributed by atoms with van der Waals surface area (Å²) in [6.07, 6.45) is 1.17. The highest BCUT2D eigenvalue weighted by molar-refractivity contribution is 6.07. The Balaban J connectivity index is 0.000000296. The quantitative estimate of drug-likeness (QED) is 0.105. The Morgan fingerprint density at radius 1 is 0.818 bits per heavy atom. The van der Waals surface area contributed by atoms with E-state index in [4.69, 9.17) is 18.9 Å². The van der Waals surface area contributed by atoms with Gasteiger partial charge in [-0.3, -0.25) is 33.7 Å². The molecule has 21 heteroatoms. The van der Waals surface area contributed by atoms with E-state index in [0.29, 0.717) is 78.3 Å². The van der Waals surface area contributed by atoms with Gasteiger partial charge >= 0.3 is 12.2 Å². The number of amides is 7. The van der Waals surface area contributed by atoms with E-state index in [1.165, 1.54) is 9.80 Å². The maximum atomic E-state index is 14.4. The minimum atomic E-state index is -1.18. The van der Waals surface area contributed by atoms with Gasteiger partial charge in [-0.15, -0.1) is 0 Å². The van der Waals surface area contributed by atoms with Crippen LogP contribution in [-0.4, -0.2) is 156 Å². The Bertz CT molecular complexity index is 2520. The zero-order valence-corrected chi connectivity index (χ0v) is 47.7. The van der Waals surface area contributed by atoms with Crippen LogP contribution in [0.15, 0.2) is 18.2 Å². The van der Waals surface area contributed by atoms with Gasteiger partial charge in [-0.2, -0.15) is 0 Å². The van der Waals surface area contributed by atoms with Crippen molar-refractivity contribution in [3.05, 3.63) is 46.0 Å². The van der Waals surface area contributed by atoms with Gasteiger partial charge in [0.05, 0.1) is 29.6 Å². The van der Waals surface area contributed by atoms with Gasteiger partial charge < -0.3 is 60.0 Å². The maximum absolute atomic E-state index is 14.4. The zero-order chi connectivity index (χ0) is 57.3. The molecule has 7 amide bonds. The molecule has 4 aliphatic heterocycles. The number of hydrogen-bond acceptors (Lipinski definition) is 13. The normalized spacial score (nSPS) is 19.4. The minimum Gasteiger partial charge on any atom is -0.476 e. The van der Waals surface area contributed by atoms with Crippen LogP contribution in [0.4, 0.5) is 21.0 Å². The molecule has 5 N–H and O–H groups in total. The first kappa shape index (κ1) is 61.2. The molecule has 0 aromatic heterocycles. The summed E-state index contributed by atoms with van der Waals surface area (Å²) in [6, 6.07) is 3.51. The molecule has 0 radical (unpaired) electrons. The van der Waals surface area contributed by atoms with Crippen molar-refractivity contribution in [1.29, 1.82) is 0 Å². The van der Waals surface area contributed by atoms with Crippen LogP contribution in [0.2, 0.25) is 0 Å². The second kappa shape index (κ2) is 26.1. The Kier molecular flexibility index (Phi) is 20.8. The van der Waals surface area contributed by atoms with Gasteiger partial charge in [-0.1, -0.05) is 27.7 Å². The highest BCUT2D eigenvalue weighted by atomic mass is 16.7. The largest absolute Gasteiger partial charge is 0.508 e. The molecule has 0 saturated carbocycles. The SMILES string of the molecule is CCC(=O)NCCN1C(=O)C(C)(C)Oc2cc(C)c(C(=O)N(C(C)C)[C@@H]3CCCN(C(=O)O)C3COC(=O)OC(C)C)cc21.CCC(=O)NCCN1C(=O)C(C)(C)Oc2cc(C)c(C(=O)N[C@@H]3CCCNC3)c(C(C)C)c21. The number of nitrogens with one attached hydrogen (secondary N) is 4. The van der Waals surface area contributed by atoms with E-state index >= 15 is 0 Å². The van der Waals surface area contributed by atoms with E-state index in [1.807, 2.05) is 40.7 Å². The molecule has 0 spiro atoms. The van der Waals surface area contributed by atoms with Gasteiger partial charge in [0.15, 0.2) is 11.2 Å². The van der Waals surface area contributed by atoms with Gasteiger partial charge in [-0.05, 0) is 142 Å². The number of likely N-dealkylation sites (tertiary alicyclic amines) is 1. The Morgan fingerprint density at radius 2 is 1.40 bits per heavy atom. The average Bonchev–Trinajstić information content (AvgIpc) is 3.36. The lowest BCUT2D eigenvalue weighted by Gasteiger charge is -2.46. The van der Waals surface area contributed by atoms with Crippen LogP contribution in [-0.2, 0) is 28.7 Å². The third kappa shape index (κ3) is 14.7. The number of nitrogens with zero attached hydrogens (tertiary/aromatic N) is 4. The molecule has 4 heterocycles. The first-order valence-electron chi connectivity index (χ1n) is 27.2. The lowest BCUT2D eigenvalue weighted by molar-refractivity contribution is -0.133. The number of carbonyl (C=O) groups is 8. The number of carbonyl (C=O) groups excluding carboxylic acids is 7. The maximum Gasteiger partial charge on any atom is 0.508 e. The number of hydrogen-bond donors (Lipinski definition) is 5. The predicted molar refractivity (Wildman–Crippen MR) is 291 cm³/mol. The summed E-state index contributed by atoms with van der Waals surface area (Å²) in [5.74, 6) is -0.171. The topological polar surface area (TPSA) is 255 Å². The molecule has 77 heavy (non-hydrogen) atoms. The summed E-state index contributed by atoms with van der Waals surface area (Å²) in [7, 11) is 0. The summed E-state index contributed by atoms with van der Waals surface area (Å²) in [5, 5.41) is 22.1. The molecule has 6 rings (SSSR count). The van der Waals surface area contributed by atoms with Crippen molar-refractivity contribution in [2.24, 2.45) is 0 Å². The van der Waals surface area contributed by atoms with Crippen LogP contribution < -0.4 is 40.5 Å². The highest BCUT2D eigenvalue weighted by Crippen LogP contribution is 2.46. The molecule has 0 aliphatic carbocycles. The molecule has 426 valence electrons. The number of fused-ring (bicyclic) bond motifs is 2. The van der Waals surface area contributed by atoms with Crippen LogP contribution in [0.1, 0.15) is 165 Å². The van der Waals surface area contributed by atoms with Gasteiger partial charge in [0.25, 0.3) is 23.6 Å². The number of carboxylic acid groups (broad SMARTS) is 1. The lowest BCUT2D eigenvalue weighted by atomic mass is 9.88. The molecule has 2 fully saturated rings. The second-order valence-electron chi connectivity index (χ2n) is 22.0. The molecule has 3 atom stereocenters. The number of piperidine rings is 2. The number of ether oxygens (including phenoxy) is 4. The van der Waals surface area contributed by atoms with E-state index in [1.54, 1.807) is 84.2 Å². The van der Waals surface area contributed by atoms with Crippen molar-refractivity contribution in [2.75, 3.05) is 62.2 Å². The van der Waals surface area contributed by atoms with Crippen molar-refractivity contribution >= 4 is 59.1 Å². The Labute approximate surface area is 453 Å². The molecular weight excluding hydrogens is 993 g/mol. The van der Waals surface area contributed by atoms with Crippen LogP contribution in [0, 0.1) is 13.8 Å².